The monoisotopic (exact) mass is 553 g/mol. The molecular formula is C31H31N5O5. The number of benzene rings is 3. The first-order chi connectivity index (χ1) is 19.8. The molecule has 210 valence electrons. The largest absolute Gasteiger partial charge is 0.508 e. The molecule has 0 aliphatic heterocycles. The third-order valence-corrected chi connectivity index (χ3v) is 7.17. The number of aromatic amines is 2. The van der Waals surface area contributed by atoms with Crippen LogP contribution in [0.5, 0.6) is 5.75 Å². The van der Waals surface area contributed by atoms with E-state index in [-0.39, 0.29) is 25.0 Å². The first kappa shape index (κ1) is 27.5. The van der Waals surface area contributed by atoms with Crippen molar-refractivity contribution in [1.82, 2.24) is 20.6 Å². The number of phenolic OH excluding ortho intramolecular Hbond substituents is 1. The van der Waals surface area contributed by atoms with Crippen LogP contribution in [0.3, 0.4) is 0 Å². The molecule has 10 nitrogen and oxygen atoms in total. The number of amides is 2. The number of carbonyl (C=O) groups excluding carboxylic acids is 2. The normalized spacial score (nSPS) is 13.5. The highest BCUT2D eigenvalue weighted by Gasteiger charge is 2.29. The number of phenols is 1. The number of aromatic nitrogens is 2. The maximum absolute atomic E-state index is 13.5. The van der Waals surface area contributed by atoms with E-state index in [0.29, 0.717) is 5.56 Å². The van der Waals surface area contributed by atoms with E-state index in [2.05, 4.69) is 20.6 Å². The fourth-order valence-corrected chi connectivity index (χ4v) is 4.98. The Morgan fingerprint density at radius 2 is 1.24 bits per heavy atom. The molecule has 0 aliphatic rings. The highest BCUT2D eigenvalue weighted by molar-refractivity contribution is 5.93. The summed E-state index contributed by atoms with van der Waals surface area (Å²) in [6.45, 7) is 0. The molecule has 0 spiro atoms. The lowest BCUT2D eigenvalue weighted by atomic mass is 10.0. The van der Waals surface area contributed by atoms with Crippen molar-refractivity contribution in [2.75, 3.05) is 0 Å². The number of carboxylic acids is 1. The standard InChI is InChI=1S/C31H31N5O5/c32-24(14-19-16-33-25-7-3-1-5-22(19)25)29(38)35-27(13-18-9-11-21(37)12-10-18)30(39)36-28(31(40)41)15-20-17-34-26-8-4-2-6-23(20)26/h1-12,16-17,24,27-28,33-34,37H,13-15,32H2,(H,35,38)(H,36,39)(H,40,41). The van der Waals surface area contributed by atoms with Gasteiger partial charge in [0.2, 0.25) is 11.8 Å². The van der Waals surface area contributed by atoms with E-state index in [4.69, 9.17) is 5.73 Å². The van der Waals surface area contributed by atoms with E-state index in [1.165, 1.54) is 12.1 Å². The smallest absolute Gasteiger partial charge is 0.326 e. The molecule has 2 aromatic heterocycles. The third kappa shape index (κ3) is 6.39. The van der Waals surface area contributed by atoms with Crippen LogP contribution < -0.4 is 16.4 Å². The lowest BCUT2D eigenvalue weighted by Crippen LogP contribution is -2.55. The zero-order chi connectivity index (χ0) is 28.9. The van der Waals surface area contributed by atoms with E-state index in [0.717, 1.165) is 32.9 Å². The molecule has 0 radical (unpaired) electrons. The van der Waals surface area contributed by atoms with Gasteiger partial charge in [-0.1, -0.05) is 48.5 Å². The first-order valence-electron chi connectivity index (χ1n) is 13.3. The molecule has 5 rings (SSSR count). The van der Waals surface area contributed by atoms with Gasteiger partial charge in [0, 0.05) is 47.0 Å². The number of rotatable bonds is 11. The molecule has 3 aromatic carbocycles. The van der Waals surface area contributed by atoms with E-state index in [1.54, 1.807) is 24.5 Å². The van der Waals surface area contributed by atoms with Crippen LogP contribution in [0.15, 0.2) is 85.2 Å². The minimum absolute atomic E-state index is 0.0467. The Labute approximate surface area is 235 Å². The molecule has 41 heavy (non-hydrogen) atoms. The van der Waals surface area contributed by atoms with Gasteiger partial charge in [-0.05, 0) is 47.4 Å². The van der Waals surface area contributed by atoms with Gasteiger partial charge in [-0.15, -0.1) is 0 Å². The number of H-pyrrole nitrogens is 2. The molecule has 0 fully saturated rings. The minimum Gasteiger partial charge on any atom is -0.508 e. The Morgan fingerprint density at radius 1 is 0.707 bits per heavy atom. The number of para-hydroxylation sites is 2. The van der Waals surface area contributed by atoms with Gasteiger partial charge < -0.3 is 36.5 Å². The van der Waals surface area contributed by atoms with Gasteiger partial charge in [0.05, 0.1) is 6.04 Å². The predicted octanol–water partition coefficient (Wildman–Crippen LogP) is 2.76. The van der Waals surface area contributed by atoms with Crippen molar-refractivity contribution >= 4 is 39.6 Å². The summed E-state index contributed by atoms with van der Waals surface area (Å²) in [7, 11) is 0. The Bertz CT molecular complexity index is 1690. The molecular weight excluding hydrogens is 522 g/mol. The molecule has 2 heterocycles. The molecule has 5 aromatic rings. The Morgan fingerprint density at radius 3 is 1.83 bits per heavy atom. The van der Waals surface area contributed by atoms with E-state index >= 15 is 0 Å². The fourth-order valence-electron chi connectivity index (χ4n) is 4.98. The number of hydrogen-bond donors (Lipinski definition) is 7. The van der Waals surface area contributed by atoms with Crippen LogP contribution in [0.1, 0.15) is 16.7 Å². The highest BCUT2D eigenvalue weighted by Crippen LogP contribution is 2.20. The summed E-state index contributed by atoms with van der Waals surface area (Å²) in [5.74, 6) is -2.34. The molecule has 2 amide bonds. The molecule has 3 unspecified atom stereocenters. The van der Waals surface area contributed by atoms with E-state index < -0.39 is 35.9 Å². The summed E-state index contributed by atoms with van der Waals surface area (Å²) in [5.41, 5.74) is 10.3. The van der Waals surface area contributed by atoms with Crippen LogP contribution in [0.4, 0.5) is 0 Å². The number of nitrogens with two attached hydrogens (primary N) is 1. The quantitative estimate of drug-likeness (QED) is 0.132. The van der Waals surface area contributed by atoms with Crippen molar-refractivity contribution in [3.05, 3.63) is 102 Å². The molecule has 0 saturated carbocycles. The lowest BCUT2D eigenvalue weighted by Gasteiger charge is -2.23. The van der Waals surface area contributed by atoms with Gasteiger partial charge >= 0.3 is 5.97 Å². The van der Waals surface area contributed by atoms with Crippen molar-refractivity contribution in [3.63, 3.8) is 0 Å². The maximum atomic E-state index is 13.5. The van der Waals surface area contributed by atoms with Gasteiger partial charge in [0.25, 0.3) is 0 Å². The number of nitrogens with one attached hydrogen (secondary N) is 4. The topological polar surface area (TPSA) is 173 Å². The molecule has 10 heteroatoms. The van der Waals surface area contributed by atoms with Gasteiger partial charge in [0.1, 0.15) is 17.8 Å². The maximum Gasteiger partial charge on any atom is 0.326 e. The number of fused-ring (bicyclic) bond motifs is 2. The second-order valence-electron chi connectivity index (χ2n) is 10.1. The van der Waals surface area contributed by atoms with Crippen molar-refractivity contribution in [2.45, 2.75) is 37.4 Å². The Hall–Kier alpha value is -5.09. The second-order valence-corrected chi connectivity index (χ2v) is 10.1. The molecule has 0 aliphatic carbocycles. The number of aliphatic carboxylic acids is 1. The number of aromatic hydroxyl groups is 1. The van der Waals surface area contributed by atoms with Crippen molar-refractivity contribution < 1.29 is 24.6 Å². The lowest BCUT2D eigenvalue weighted by molar-refractivity contribution is -0.142. The average molecular weight is 554 g/mol. The van der Waals surface area contributed by atoms with Crippen LogP contribution >= 0.6 is 0 Å². The van der Waals surface area contributed by atoms with Gasteiger partial charge in [0.15, 0.2) is 0 Å². The fraction of sp³-hybridized carbons (Fsp3) is 0.194. The molecule has 0 saturated heterocycles. The Kier molecular flexibility index (Phi) is 8.02. The first-order valence-corrected chi connectivity index (χ1v) is 13.3. The molecule has 0 bridgehead atoms. The molecule has 8 N–H and O–H groups in total. The number of carboxylic acid groups (broad SMARTS) is 1. The SMILES string of the molecule is NC(Cc1c[nH]c2ccccc12)C(=O)NC(Cc1ccc(O)cc1)C(=O)NC(Cc1c[nH]c2ccccc12)C(=O)O. The van der Waals surface area contributed by atoms with E-state index in [1.807, 2.05) is 48.5 Å². The third-order valence-electron chi connectivity index (χ3n) is 7.17. The number of carbonyl (C=O) groups is 3. The van der Waals surface area contributed by atoms with Crippen LogP contribution in [-0.4, -0.2) is 56.1 Å². The summed E-state index contributed by atoms with van der Waals surface area (Å²) in [6, 6.07) is 18.1. The van der Waals surface area contributed by atoms with Gasteiger partial charge in [-0.2, -0.15) is 0 Å². The molecule has 3 atom stereocenters. The van der Waals surface area contributed by atoms with Crippen LogP contribution in [-0.2, 0) is 33.6 Å². The van der Waals surface area contributed by atoms with Crippen LogP contribution in [0, 0.1) is 0 Å². The van der Waals surface area contributed by atoms with E-state index in [9.17, 15) is 24.6 Å². The summed E-state index contributed by atoms with van der Waals surface area (Å²) in [6.07, 6.45) is 3.89. The average Bonchev–Trinajstić information content (AvgIpc) is 3.57. The number of hydrogen-bond acceptors (Lipinski definition) is 5. The Balaban J connectivity index is 1.32. The summed E-state index contributed by atoms with van der Waals surface area (Å²) >= 11 is 0. The predicted molar refractivity (Wildman–Crippen MR) is 155 cm³/mol. The van der Waals surface area contributed by atoms with Crippen LogP contribution in [0.25, 0.3) is 21.8 Å². The summed E-state index contributed by atoms with van der Waals surface area (Å²) in [4.78, 5) is 45.1. The second kappa shape index (κ2) is 12.0. The summed E-state index contributed by atoms with van der Waals surface area (Å²) < 4.78 is 0. The summed E-state index contributed by atoms with van der Waals surface area (Å²) in [5, 5.41) is 26.7. The van der Waals surface area contributed by atoms with Gasteiger partial charge in [-0.25, -0.2) is 4.79 Å². The van der Waals surface area contributed by atoms with Crippen molar-refractivity contribution in [1.29, 1.82) is 0 Å². The zero-order valence-electron chi connectivity index (χ0n) is 22.1. The van der Waals surface area contributed by atoms with Crippen LogP contribution in [0.2, 0.25) is 0 Å². The minimum atomic E-state index is -1.24. The van der Waals surface area contributed by atoms with Crippen molar-refractivity contribution in [2.24, 2.45) is 5.73 Å². The van der Waals surface area contributed by atoms with Gasteiger partial charge in [-0.3, -0.25) is 9.59 Å². The highest BCUT2D eigenvalue weighted by atomic mass is 16.4. The van der Waals surface area contributed by atoms with Crippen molar-refractivity contribution in [3.8, 4) is 5.75 Å². The zero-order valence-corrected chi connectivity index (χ0v) is 22.1.